The van der Waals surface area contributed by atoms with Crippen LogP contribution >= 0.6 is 0 Å². The SMILES string of the molecule is O=C(NCCCn1ccnc1)C(F)(F)C(F)(F)C(F)(F)C(F)(F)C(F)(F)C(F)(F)F. The number of carbonyl (C=O) groups excluding carboxylic acids is 1. The van der Waals surface area contributed by atoms with Gasteiger partial charge in [-0.15, -0.1) is 0 Å². The lowest BCUT2D eigenvalue weighted by molar-refractivity contribution is -0.436. The van der Waals surface area contributed by atoms with Crippen molar-refractivity contribution in [1.82, 2.24) is 14.9 Å². The van der Waals surface area contributed by atoms with Gasteiger partial charge in [-0.3, -0.25) is 4.79 Å². The highest BCUT2D eigenvalue weighted by atomic mass is 19.4. The van der Waals surface area contributed by atoms with E-state index in [1.807, 2.05) is 0 Å². The van der Waals surface area contributed by atoms with Crippen LogP contribution in [0.5, 0.6) is 0 Å². The standard InChI is InChI=1S/C13H10F13N3O/c14-8(15,7(30)28-2-1-4-29-5-3-27-6-29)9(16,17)10(18,19)11(20,21)12(22,23)13(24,25)26/h3,5-6H,1-2,4H2,(H,28,30). The first-order valence-corrected chi connectivity index (χ1v) is 7.45. The van der Waals surface area contributed by atoms with Crippen molar-refractivity contribution in [2.45, 2.75) is 48.8 Å². The third kappa shape index (κ3) is 4.01. The maximum absolute atomic E-state index is 13.5. The number of hydrogen-bond donors (Lipinski definition) is 1. The molecule has 0 radical (unpaired) electrons. The molecule has 1 N–H and O–H groups in total. The molecule has 0 aromatic carbocycles. The van der Waals surface area contributed by atoms with Crippen LogP contribution in [-0.4, -0.2) is 57.8 Å². The van der Waals surface area contributed by atoms with Crippen LogP contribution in [0.25, 0.3) is 0 Å². The number of nitrogens with zero attached hydrogens (tertiary/aromatic N) is 2. The maximum atomic E-state index is 13.5. The van der Waals surface area contributed by atoms with E-state index in [1.54, 1.807) is 0 Å². The van der Waals surface area contributed by atoms with Crippen molar-refractivity contribution in [3.63, 3.8) is 0 Å². The van der Waals surface area contributed by atoms with Crippen LogP contribution in [0.3, 0.4) is 0 Å². The predicted octanol–water partition coefficient (Wildman–Crippen LogP) is 4.13. The van der Waals surface area contributed by atoms with E-state index in [9.17, 15) is 61.9 Å². The quantitative estimate of drug-likeness (QED) is 0.435. The van der Waals surface area contributed by atoms with Crippen LogP contribution < -0.4 is 5.32 Å². The lowest BCUT2D eigenvalue weighted by atomic mass is 9.93. The predicted molar refractivity (Wildman–Crippen MR) is 70.6 cm³/mol. The molecule has 1 heterocycles. The summed E-state index contributed by atoms with van der Waals surface area (Å²) in [6, 6.07) is 0. The zero-order chi connectivity index (χ0) is 23.8. The zero-order valence-corrected chi connectivity index (χ0v) is 14.1. The van der Waals surface area contributed by atoms with E-state index in [2.05, 4.69) is 4.98 Å². The molecule has 0 spiro atoms. The van der Waals surface area contributed by atoms with E-state index in [0.29, 0.717) is 0 Å². The lowest BCUT2D eigenvalue weighted by Crippen LogP contribution is -2.72. The fourth-order valence-electron chi connectivity index (χ4n) is 1.91. The van der Waals surface area contributed by atoms with Crippen molar-refractivity contribution in [1.29, 1.82) is 0 Å². The minimum atomic E-state index is -8.03. The average Bonchev–Trinajstić information content (AvgIpc) is 3.10. The normalized spacial score (nSPS) is 14.7. The van der Waals surface area contributed by atoms with Crippen LogP contribution in [0.4, 0.5) is 57.1 Å². The number of alkyl halides is 13. The largest absolute Gasteiger partial charge is 0.460 e. The van der Waals surface area contributed by atoms with E-state index < -0.39 is 48.2 Å². The molecular formula is C13H10F13N3O. The molecule has 174 valence electrons. The Hall–Kier alpha value is -2.23. The second-order valence-corrected chi connectivity index (χ2v) is 5.78. The summed E-state index contributed by atoms with van der Waals surface area (Å²) in [6.07, 6.45) is -3.97. The molecule has 4 nitrogen and oxygen atoms in total. The molecule has 0 saturated heterocycles. The number of carbonyl (C=O) groups is 1. The minimum Gasteiger partial charge on any atom is -0.351 e. The lowest BCUT2D eigenvalue weighted by Gasteiger charge is -2.39. The third-order valence-corrected chi connectivity index (χ3v) is 3.66. The van der Waals surface area contributed by atoms with Crippen LogP contribution in [-0.2, 0) is 11.3 Å². The topological polar surface area (TPSA) is 46.9 Å². The Kier molecular flexibility index (Phi) is 6.70. The molecule has 0 saturated carbocycles. The van der Waals surface area contributed by atoms with Gasteiger partial charge in [-0.05, 0) is 6.42 Å². The van der Waals surface area contributed by atoms with Gasteiger partial charge in [0.25, 0.3) is 5.91 Å². The molecule has 17 heteroatoms. The summed E-state index contributed by atoms with van der Waals surface area (Å²) in [5, 5.41) is 0.993. The summed E-state index contributed by atoms with van der Waals surface area (Å²) in [5.74, 6) is -41.6. The first-order chi connectivity index (χ1) is 13.2. The molecule has 30 heavy (non-hydrogen) atoms. The highest BCUT2D eigenvalue weighted by Gasteiger charge is 2.91. The number of halogens is 13. The molecule has 1 amide bonds. The average molecular weight is 471 g/mol. The number of hydrogen-bond acceptors (Lipinski definition) is 2. The first-order valence-electron chi connectivity index (χ1n) is 7.45. The Morgan fingerprint density at radius 3 is 1.73 bits per heavy atom. The minimum absolute atomic E-state index is 0.0612. The molecule has 1 aromatic rings. The smallest absolute Gasteiger partial charge is 0.351 e. The van der Waals surface area contributed by atoms with Crippen molar-refractivity contribution < 1.29 is 61.9 Å². The highest BCUT2D eigenvalue weighted by molar-refractivity contribution is 5.84. The van der Waals surface area contributed by atoms with Gasteiger partial charge in [-0.25, -0.2) is 4.98 Å². The van der Waals surface area contributed by atoms with Gasteiger partial charge in [0.2, 0.25) is 0 Å². The van der Waals surface area contributed by atoms with E-state index in [-0.39, 0.29) is 13.0 Å². The van der Waals surface area contributed by atoms with Gasteiger partial charge < -0.3 is 9.88 Å². The third-order valence-electron chi connectivity index (χ3n) is 3.66. The zero-order valence-electron chi connectivity index (χ0n) is 14.1. The van der Waals surface area contributed by atoms with Gasteiger partial charge in [0.15, 0.2) is 0 Å². The van der Waals surface area contributed by atoms with Crippen LogP contribution in [0.15, 0.2) is 18.7 Å². The first kappa shape index (κ1) is 25.8. The van der Waals surface area contributed by atoms with Crippen molar-refractivity contribution in [2.75, 3.05) is 6.54 Å². The molecule has 0 unspecified atom stereocenters. The Bertz CT molecular complexity index is 727. The maximum Gasteiger partial charge on any atom is 0.460 e. The fraction of sp³-hybridized carbons (Fsp3) is 0.692. The Labute approximate surface area is 158 Å². The number of amides is 1. The number of rotatable bonds is 9. The van der Waals surface area contributed by atoms with Crippen molar-refractivity contribution in [3.8, 4) is 0 Å². The van der Waals surface area contributed by atoms with Gasteiger partial charge >= 0.3 is 35.8 Å². The van der Waals surface area contributed by atoms with Crippen molar-refractivity contribution in [2.24, 2.45) is 0 Å². The van der Waals surface area contributed by atoms with Gasteiger partial charge in [0.05, 0.1) is 6.33 Å². The summed E-state index contributed by atoms with van der Waals surface area (Å²) in [7, 11) is 0. The monoisotopic (exact) mass is 471 g/mol. The Balaban J connectivity index is 3.05. The van der Waals surface area contributed by atoms with Crippen molar-refractivity contribution in [3.05, 3.63) is 18.7 Å². The number of aryl methyl sites for hydroxylation is 1. The van der Waals surface area contributed by atoms with Crippen molar-refractivity contribution >= 4 is 5.91 Å². The van der Waals surface area contributed by atoms with Gasteiger partial charge in [0, 0.05) is 25.5 Å². The molecule has 0 fully saturated rings. The van der Waals surface area contributed by atoms with E-state index in [1.165, 1.54) is 23.3 Å². The highest BCUT2D eigenvalue weighted by Crippen LogP contribution is 2.60. The molecule has 0 aliphatic carbocycles. The number of aromatic nitrogens is 2. The fourth-order valence-corrected chi connectivity index (χ4v) is 1.91. The van der Waals surface area contributed by atoms with E-state index in [4.69, 9.17) is 0 Å². The molecule has 1 aromatic heterocycles. The summed E-state index contributed by atoms with van der Waals surface area (Å²) < 4.78 is 169. The van der Waals surface area contributed by atoms with Crippen LogP contribution in [0, 0.1) is 0 Å². The molecular weight excluding hydrogens is 461 g/mol. The Morgan fingerprint density at radius 1 is 0.800 bits per heavy atom. The van der Waals surface area contributed by atoms with Gasteiger partial charge in [0.1, 0.15) is 0 Å². The Morgan fingerprint density at radius 2 is 1.30 bits per heavy atom. The molecule has 0 bridgehead atoms. The molecule has 0 atom stereocenters. The van der Waals surface area contributed by atoms with Gasteiger partial charge in [-0.2, -0.15) is 57.1 Å². The molecule has 1 rings (SSSR count). The molecule has 0 aliphatic rings. The summed E-state index contributed by atoms with van der Waals surface area (Å²) in [5.41, 5.74) is 0. The second kappa shape index (κ2) is 7.79. The van der Waals surface area contributed by atoms with E-state index >= 15 is 0 Å². The van der Waals surface area contributed by atoms with E-state index in [0.717, 1.165) is 5.32 Å². The van der Waals surface area contributed by atoms with Crippen LogP contribution in [0.1, 0.15) is 6.42 Å². The van der Waals surface area contributed by atoms with Gasteiger partial charge in [-0.1, -0.05) is 0 Å². The van der Waals surface area contributed by atoms with Crippen LogP contribution in [0.2, 0.25) is 0 Å². The summed E-state index contributed by atoms with van der Waals surface area (Å²) >= 11 is 0. The summed E-state index contributed by atoms with van der Waals surface area (Å²) in [6.45, 7) is -0.961. The number of imidazole rings is 1. The summed E-state index contributed by atoms with van der Waals surface area (Å²) in [4.78, 5) is 14.7. The second-order valence-electron chi connectivity index (χ2n) is 5.78. The molecule has 0 aliphatic heterocycles. The number of nitrogens with one attached hydrogen (secondary N) is 1.